The van der Waals surface area contributed by atoms with Crippen molar-refractivity contribution < 1.29 is 4.79 Å². The summed E-state index contributed by atoms with van der Waals surface area (Å²) in [6.45, 7) is 2.15. The van der Waals surface area contributed by atoms with Gasteiger partial charge >= 0.3 is 0 Å². The number of Topliss-reactive ketones (excluding diaryl/α,β-unsaturated/α-hetero) is 1. The topological polar surface area (TPSA) is 20.3 Å². The Morgan fingerprint density at radius 1 is 1.05 bits per heavy atom. The Labute approximate surface area is 122 Å². The van der Waals surface area contributed by atoms with E-state index in [0.29, 0.717) is 12.2 Å². The number of carbonyl (C=O) groups excluding carboxylic acids is 1. The van der Waals surface area contributed by atoms with E-state index in [1.807, 2.05) is 30.3 Å². The van der Waals surface area contributed by atoms with Crippen LogP contribution in [0, 0.1) is 5.92 Å². The first-order chi connectivity index (χ1) is 9.84. The number of benzene rings is 1. The van der Waals surface area contributed by atoms with Crippen molar-refractivity contribution in [3.8, 4) is 0 Å². The first kappa shape index (κ1) is 13.8. The third kappa shape index (κ3) is 3.12. The van der Waals surface area contributed by atoms with E-state index >= 15 is 0 Å². The summed E-state index contributed by atoms with van der Waals surface area (Å²) in [4.78, 5) is 14.8. The number of carbonyl (C=O) groups is 1. The molecule has 0 radical (unpaired) electrons. The highest BCUT2D eigenvalue weighted by atomic mass is 16.1. The van der Waals surface area contributed by atoms with Crippen molar-refractivity contribution in [2.45, 2.75) is 51.0 Å². The van der Waals surface area contributed by atoms with Gasteiger partial charge in [0, 0.05) is 24.6 Å². The van der Waals surface area contributed by atoms with Crippen LogP contribution in [0.1, 0.15) is 55.3 Å². The van der Waals surface area contributed by atoms with E-state index in [0.717, 1.165) is 24.1 Å². The van der Waals surface area contributed by atoms with Crippen LogP contribution >= 0.6 is 0 Å². The summed E-state index contributed by atoms with van der Waals surface area (Å²) in [6, 6.07) is 10.5. The molecule has 0 spiro atoms. The number of fused-ring (bicyclic) bond motifs is 1. The molecule has 0 unspecified atom stereocenters. The zero-order chi connectivity index (χ0) is 13.8. The molecule has 1 heterocycles. The molecule has 1 saturated heterocycles. The average molecular weight is 271 g/mol. The molecule has 2 nitrogen and oxygen atoms in total. The second-order valence-electron chi connectivity index (χ2n) is 6.33. The first-order valence-corrected chi connectivity index (χ1v) is 8.17. The maximum Gasteiger partial charge on any atom is 0.164 e. The number of piperidine rings is 1. The summed E-state index contributed by atoms with van der Waals surface area (Å²) in [5.74, 6) is 1.20. The fourth-order valence-electron chi connectivity index (χ4n) is 4.02. The minimum absolute atomic E-state index is 0.295. The van der Waals surface area contributed by atoms with Crippen LogP contribution in [0.3, 0.4) is 0 Å². The molecule has 108 valence electrons. The molecule has 1 saturated carbocycles. The molecule has 1 aromatic carbocycles. The van der Waals surface area contributed by atoms with Gasteiger partial charge in [0.05, 0.1) is 0 Å². The van der Waals surface area contributed by atoms with E-state index in [4.69, 9.17) is 0 Å². The highest BCUT2D eigenvalue weighted by Crippen LogP contribution is 2.35. The highest BCUT2D eigenvalue weighted by molar-refractivity contribution is 5.96. The van der Waals surface area contributed by atoms with Crippen LogP contribution in [0.25, 0.3) is 0 Å². The molecule has 2 atom stereocenters. The average Bonchev–Trinajstić information content (AvgIpc) is 2.53. The van der Waals surface area contributed by atoms with Crippen molar-refractivity contribution in [2.24, 2.45) is 5.92 Å². The van der Waals surface area contributed by atoms with Crippen LogP contribution in [0.5, 0.6) is 0 Å². The summed E-state index contributed by atoms with van der Waals surface area (Å²) < 4.78 is 0. The Hall–Kier alpha value is -1.15. The molecule has 20 heavy (non-hydrogen) atoms. The van der Waals surface area contributed by atoms with Gasteiger partial charge in [-0.15, -0.1) is 0 Å². The van der Waals surface area contributed by atoms with Gasteiger partial charge < -0.3 is 0 Å². The lowest BCUT2D eigenvalue weighted by Gasteiger charge is -2.44. The minimum atomic E-state index is 0.295. The Morgan fingerprint density at radius 2 is 1.80 bits per heavy atom. The molecule has 2 heteroatoms. The standard InChI is InChI=1S/C18H25NO/c20-18(16-8-2-1-3-9-16)12-14-19-13-6-10-15-7-4-5-11-17(15)19/h1-3,8-9,15,17H,4-7,10-14H2/t15-,17-/m1/s1. The minimum Gasteiger partial charge on any atom is -0.300 e. The molecule has 1 aromatic rings. The van der Waals surface area contributed by atoms with Gasteiger partial charge in [0.2, 0.25) is 0 Å². The number of rotatable bonds is 4. The van der Waals surface area contributed by atoms with Gasteiger partial charge in [-0.1, -0.05) is 43.2 Å². The monoisotopic (exact) mass is 271 g/mol. The second kappa shape index (κ2) is 6.53. The fourth-order valence-corrected chi connectivity index (χ4v) is 4.02. The fraction of sp³-hybridized carbons (Fsp3) is 0.611. The summed E-state index contributed by atoms with van der Waals surface area (Å²) in [5.41, 5.74) is 0.865. The molecule has 0 bridgehead atoms. The highest BCUT2D eigenvalue weighted by Gasteiger charge is 2.32. The zero-order valence-electron chi connectivity index (χ0n) is 12.3. The normalized spacial score (nSPS) is 27.0. The van der Waals surface area contributed by atoms with Gasteiger partial charge in [-0.05, 0) is 38.1 Å². The SMILES string of the molecule is O=C(CCN1CCC[C@H]2CCCC[C@H]21)c1ccccc1. The van der Waals surface area contributed by atoms with Gasteiger partial charge in [0.1, 0.15) is 0 Å². The van der Waals surface area contributed by atoms with E-state index in [2.05, 4.69) is 4.90 Å². The maximum absolute atomic E-state index is 12.2. The van der Waals surface area contributed by atoms with Crippen molar-refractivity contribution in [1.82, 2.24) is 4.90 Å². The Bertz CT molecular complexity index is 440. The molecule has 2 aliphatic rings. The number of hydrogen-bond acceptors (Lipinski definition) is 2. The Kier molecular flexibility index (Phi) is 4.51. The molecule has 0 aromatic heterocycles. The van der Waals surface area contributed by atoms with Crippen molar-refractivity contribution in [2.75, 3.05) is 13.1 Å². The van der Waals surface area contributed by atoms with E-state index in [-0.39, 0.29) is 0 Å². The van der Waals surface area contributed by atoms with Crippen molar-refractivity contribution in [3.63, 3.8) is 0 Å². The summed E-state index contributed by atoms with van der Waals surface area (Å²) in [6.07, 6.45) is 8.96. The largest absolute Gasteiger partial charge is 0.300 e. The Balaban J connectivity index is 1.56. The third-order valence-corrected chi connectivity index (χ3v) is 5.08. The van der Waals surface area contributed by atoms with Crippen LogP contribution in [0.4, 0.5) is 0 Å². The lowest BCUT2D eigenvalue weighted by Crippen LogP contribution is -2.47. The maximum atomic E-state index is 12.2. The van der Waals surface area contributed by atoms with E-state index in [9.17, 15) is 4.79 Å². The number of ketones is 1. The first-order valence-electron chi connectivity index (χ1n) is 8.17. The number of nitrogens with zero attached hydrogens (tertiary/aromatic N) is 1. The van der Waals surface area contributed by atoms with Crippen LogP contribution in [-0.2, 0) is 0 Å². The van der Waals surface area contributed by atoms with Gasteiger partial charge in [0.15, 0.2) is 5.78 Å². The van der Waals surface area contributed by atoms with Gasteiger partial charge in [0.25, 0.3) is 0 Å². The molecular weight excluding hydrogens is 246 g/mol. The lowest BCUT2D eigenvalue weighted by molar-refractivity contribution is 0.0575. The summed E-state index contributed by atoms with van der Waals surface area (Å²) in [5, 5.41) is 0. The molecule has 1 aliphatic heterocycles. The second-order valence-corrected chi connectivity index (χ2v) is 6.33. The zero-order valence-corrected chi connectivity index (χ0v) is 12.3. The van der Waals surface area contributed by atoms with Crippen LogP contribution in [0.2, 0.25) is 0 Å². The predicted molar refractivity (Wildman–Crippen MR) is 81.9 cm³/mol. The number of likely N-dealkylation sites (tertiary alicyclic amines) is 1. The summed E-state index contributed by atoms with van der Waals surface area (Å²) in [7, 11) is 0. The summed E-state index contributed by atoms with van der Waals surface area (Å²) >= 11 is 0. The molecule has 3 rings (SSSR count). The van der Waals surface area contributed by atoms with Crippen LogP contribution in [-0.4, -0.2) is 29.8 Å². The van der Waals surface area contributed by atoms with Gasteiger partial charge in [-0.2, -0.15) is 0 Å². The van der Waals surface area contributed by atoms with Crippen molar-refractivity contribution in [1.29, 1.82) is 0 Å². The third-order valence-electron chi connectivity index (χ3n) is 5.08. The molecule has 0 amide bonds. The smallest absolute Gasteiger partial charge is 0.164 e. The molecular formula is C18H25NO. The molecule has 1 aliphatic carbocycles. The van der Waals surface area contributed by atoms with Crippen molar-refractivity contribution in [3.05, 3.63) is 35.9 Å². The van der Waals surface area contributed by atoms with E-state index in [1.54, 1.807) is 0 Å². The number of hydrogen-bond donors (Lipinski definition) is 0. The van der Waals surface area contributed by atoms with Crippen molar-refractivity contribution >= 4 is 5.78 Å². The molecule has 2 fully saturated rings. The quantitative estimate of drug-likeness (QED) is 0.774. The Morgan fingerprint density at radius 3 is 2.65 bits per heavy atom. The molecule has 0 N–H and O–H groups in total. The van der Waals surface area contributed by atoms with E-state index in [1.165, 1.54) is 45.1 Å². The predicted octanol–water partition coefficient (Wildman–Crippen LogP) is 3.91. The van der Waals surface area contributed by atoms with Crippen LogP contribution in [0.15, 0.2) is 30.3 Å². The van der Waals surface area contributed by atoms with Crippen LogP contribution < -0.4 is 0 Å². The lowest BCUT2D eigenvalue weighted by atomic mass is 9.78. The van der Waals surface area contributed by atoms with Gasteiger partial charge in [-0.25, -0.2) is 0 Å². The van der Waals surface area contributed by atoms with E-state index < -0.39 is 0 Å². The van der Waals surface area contributed by atoms with Gasteiger partial charge in [-0.3, -0.25) is 9.69 Å².